The first-order valence-corrected chi connectivity index (χ1v) is 6.40. The van der Waals surface area contributed by atoms with Crippen molar-refractivity contribution in [2.45, 2.75) is 6.54 Å². The number of nitrogens with one attached hydrogen (secondary N) is 1. The normalized spacial score (nSPS) is 12.2. The molecule has 0 aliphatic carbocycles. The second kappa shape index (κ2) is 5.32. The lowest BCUT2D eigenvalue weighted by atomic mass is 10.1. The van der Waals surface area contributed by atoms with Crippen LogP contribution in [0.15, 0.2) is 30.3 Å². The largest absolute Gasteiger partial charge is 0.507 e. The van der Waals surface area contributed by atoms with Gasteiger partial charge in [0.05, 0.1) is 7.11 Å². The van der Waals surface area contributed by atoms with Crippen LogP contribution in [0.5, 0.6) is 28.7 Å². The summed E-state index contributed by atoms with van der Waals surface area (Å²) in [5.41, 5.74) is 1.39. The third-order valence-electron chi connectivity index (χ3n) is 3.24. The van der Waals surface area contributed by atoms with E-state index in [2.05, 4.69) is 5.32 Å². The number of rotatable bonds is 4. The van der Waals surface area contributed by atoms with Gasteiger partial charge in [-0.2, -0.15) is 0 Å². The maximum atomic E-state index is 9.94. The first-order valence-electron chi connectivity index (χ1n) is 6.40. The predicted molar refractivity (Wildman–Crippen MR) is 76.2 cm³/mol. The molecule has 1 aliphatic heterocycles. The van der Waals surface area contributed by atoms with Gasteiger partial charge in [0.2, 0.25) is 6.79 Å². The number of phenolic OH excluding ortho intramolecular Hbond substituents is 2. The zero-order valence-corrected chi connectivity index (χ0v) is 11.4. The molecule has 0 fully saturated rings. The van der Waals surface area contributed by atoms with E-state index in [-0.39, 0.29) is 18.3 Å². The summed E-state index contributed by atoms with van der Waals surface area (Å²) in [6.07, 6.45) is 0. The molecule has 0 saturated carbocycles. The molecular formula is C15H15NO5. The average Bonchev–Trinajstić information content (AvgIpc) is 2.92. The van der Waals surface area contributed by atoms with Crippen molar-refractivity contribution < 1.29 is 24.4 Å². The highest BCUT2D eigenvalue weighted by Crippen LogP contribution is 2.38. The first-order chi connectivity index (χ1) is 10.2. The van der Waals surface area contributed by atoms with Gasteiger partial charge in [-0.05, 0) is 18.2 Å². The molecule has 0 aromatic heterocycles. The van der Waals surface area contributed by atoms with Crippen LogP contribution in [0.3, 0.4) is 0 Å². The van der Waals surface area contributed by atoms with Crippen molar-refractivity contribution in [1.29, 1.82) is 0 Å². The number of hydrogen-bond donors (Lipinski definition) is 3. The number of hydrogen-bond acceptors (Lipinski definition) is 6. The van der Waals surface area contributed by atoms with E-state index in [0.29, 0.717) is 35.0 Å². The molecule has 0 amide bonds. The van der Waals surface area contributed by atoms with Gasteiger partial charge < -0.3 is 29.7 Å². The monoisotopic (exact) mass is 289 g/mol. The highest BCUT2D eigenvalue weighted by atomic mass is 16.7. The lowest BCUT2D eigenvalue weighted by Crippen LogP contribution is -2.00. The molecule has 1 aliphatic rings. The molecule has 0 spiro atoms. The molecule has 0 unspecified atom stereocenters. The number of anilines is 1. The Kier molecular flexibility index (Phi) is 3.35. The molecule has 1 heterocycles. The second-order valence-electron chi connectivity index (χ2n) is 4.57. The molecule has 110 valence electrons. The van der Waals surface area contributed by atoms with E-state index in [1.54, 1.807) is 24.3 Å². The zero-order valence-electron chi connectivity index (χ0n) is 11.4. The van der Waals surface area contributed by atoms with E-state index in [9.17, 15) is 10.2 Å². The van der Waals surface area contributed by atoms with Crippen molar-refractivity contribution in [3.8, 4) is 28.7 Å². The molecule has 6 heteroatoms. The highest BCUT2D eigenvalue weighted by molar-refractivity contribution is 5.56. The summed E-state index contributed by atoms with van der Waals surface area (Å²) in [7, 11) is 1.49. The second-order valence-corrected chi connectivity index (χ2v) is 4.57. The Labute approximate surface area is 121 Å². The Hall–Kier alpha value is -2.76. The van der Waals surface area contributed by atoms with Crippen LogP contribution in [0.1, 0.15) is 5.56 Å². The van der Waals surface area contributed by atoms with Crippen LogP contribution in [0.25, 0.3) is 0 Å². The van der Waals surface area contributed by atoms with E-state index < -0.39 is 0 Å². The summed E-state index contributed by atoms with van der Waals surface area (Å²) in [5.74, 6) is 1.74. The third-order valence-corrected chi connectivity index (χ3v) is 3.24. The SMILES string of the molecule is COc1ccc(NCc2cc3c(cc2O)OCO3)cc1O. The standard InChI is InChI=1S/C15H15NO5/c1-19-13-3-2-10(5-12(13)18)16-7-9-4-14-15(6-11(9)17)21-8-20-14/h2-6,16-18H,7-8H2,1H3. The highest BCUT2D eigenvalue weighted by Gasteiger charge is 2.16. The lowest BCUT2D eigenvalue weighted by molar-refractivity contribution is 0.174. The molecule has 0 saturated heterocycles. The number of aromatic hydroxyl groups is 2. The lowest BCUT2D eigenvalue weighted by Gasteiger charge is -2.10. The van der Waals surface area contributed by atoms with E-state index in [1.807, 2.05) is 0 Å². The van der Waals surface area contributed by atoms with Gasteiger partial charge in [0.25, 0.3) is 0 Å². The minimum atomic E-state index is 0.0532. The smallest absolute Gasteiger partial charge is 0.231 e. The molecule has 21 heavy (non-hydrogen) atoms. The van der Waals surface area contributed by atoms with E-state index >= 15 is 0 Å². The topological polar surface area (TPSA) is 80.2 Å². The maximum Gasteiger partial charge on any atom is 0.231 e. The van der Waals surface area contributed by atoms with Crippen molar-refractivity contribution in [2.24, 2.45) is 0 Å². The van der Waals surface area contributed by atoms with Gasteiger partial charge in [-0.15, -0.1) is 0 Å². The number of phenols is 2. The summed E-state index contributed by atoms with van der Waals surface area (Å²) in [5, 5.41) is 22.8. The van der Waals surface area contributed by atoms with Gasteiger partial charge in [0, 0.05) is 29.9 Å². The van der Waals surface area contributed by atoms with E-state index in [4.69, 9.17) is 14.2 Å². The molecular weight excluding hydrogens is 274 g/mol. The number of ether oxygens (including phenoxy) is 3. The predicted octanol–water partition coefficient (Wildman–Crippen LogP) is 2.45. The van der Waals surface area contributed by atoms with Crippen LogP contribution in [0.4, 0.5) is 5.69 Å². The summed E-state index contributed by atoms with van der Waals surface area (Å²) in [4.78, 5) is 0. The molecule has 6 nitrogen and oxygen atoms in total. The summed E-state index contributed by atoms with van der Waals surface area (Å²) in [6, 6.07) is 8.27. The molecule has 3 rings (SSSR count). The van der Waals surface area contributed by atoms with Crippen LogP contribution < -0.4 is 19.5 Å². The summed E-state index contributed by atoms with van der Waals surface area (Å²) >= 11 is 0. The minimum absolute atomic E-state index is 0.0532. The van der Waals surface area contributed by atoms with Gasteiger partial charge in [-0.1, -0.05) is 0 Å². The summed E-state index contributed by atoms with van der Waals surface area (Å²) < 4.78 is 15.5. The quantitative estimate of drug-likeness (QED) is 0.802. The van der Waals surface area contributed by atoms with Crippen LogP contribution >= 0.6 is 0 Å². The number of fused-ring (bicyclic) bond motifs is 1. The number of benzene rings is 2. The molecule has 0 atom stereocenters. The van der Waals surface area contributed by atoms with Gasteiger partial charge in [0.15, 0.2) is 23.0 Å². The minimum Gasteiger partial charge on any atom is -0.507 e. The van der Waals surface area contributed by atoms with Gasteiger partial charge in [0.1, 0.15) is 5.75 Å². The Bertz CT molecular complexity index is 671. The van der Waals surface area contributed by atoms with E-state index in [0.717, 1.165) is 0 Å². The molecule has 2 aromatic carbocycles. The van der Waals surface area contributed by atoms with E-state index in [1.165, 1.54) is 13.2 Å². The Morgan fingerprint density at radius 1 is 1.10 bits per heavy atom. The third kappa shape index (κ3) is 2.60. The zero-order chi connectivity index (χ0) is 14.8. The fraction of sp³-hybridized carbons (Fsp3) is 0.200. The molecule has 3 N–H and O–H groups in total. The fourth-order valence-electron chi connectivity index (χ4n) is 2.11. The van der Waals surface area contributed by atoms with Gasteiger partial charge >= 0.3 is 0 Å². The average molecular weight is 289 g/mol. The van der Waals surface area contributed by atoms with Gasteiger partial charge in [-0.3, -0.25) is 0 Å². The van der Waals surface area contributed by atoms with Crippen molar-refractivity contribution >= 4 is 5.69 Å². The Morgan fingerprint density at radius 2 is 1.86 bits per heavy atom. The Morgan fingerprint density at radius 3 is 2.57 bits per heavy atom. The van der Waals surface area contributed by atoms with Crippen molar-refractivity contribution in [2.75, 3.05) is 19.2 Å². The van der Waals surface area contributed by atoms with Crippen molar-refractivity contribution in [1.82, 2.24) is 0 Å². The molecule has 2 aromatic rings. The summed E-state index contributed by atoms with van der Waals surface area (Å²) in [6.45, 7) is 0.548. The van der Waals surface area contributed by atoms with Crippen LogP contribution in [0.2, 0.25) is 0 Å². The van der Waals surface area contributed by atoms with Crippen LogP contribution in [0, 0.1) is 0 Å². The van der Waals surface area contributed by atoms with Crippen LogP contribution in [-0.4, -0.2) is 24.1 Å². The van der Waals surface area contributed by atoms with Crippen molar-refractivity contribution in [3.63, 3.8) is 0 Å². The molecule has 0 bridgehead atoms. The number of methoxy groups -OCH3 is 1. The Balaban J connectivity index is 1.74. The van der Waals surface area contributed by atoms with Gasteiger partial charge in [-0.25, -0.2) is 0 Å². The first kappa shape index (κ1) is 13.2. The van der Waals surface area contributed by atoms with Crippen LogP contribution in [-0.2, 0) is 6.54 Å². The maximum absolute atomic E-state index is 9.94. The fourth-order valence-corrected chi connectivity index (χ4v) is 2.11. The molecule has 0 radical (unpaired) electrons. The van der Waals surface area contributed by atoms with Crippen molar-refractivity contribution in [3.05, 3.63) is 35.9 Å².